The number of carboxylic acid groups (broad SMARTS) is 1. The van der Waals surface area contributed by atoms with Gasteiger partial charge in [0.2, 0.25) is 11.9 Å². The van der Waals surface area contributed by atoms with Crippen LogP contribution in [0.25, 0.3) is 0 Å². The fourth-order valence-corrected chi connectivity index (χ4v) is 6.62. The summed E-state index contributed by atoms with van der Waals surface area (Å²) in [6.07, 6.45) is 4.61. The first-order chi connectivity index (χ1) is 16.7. The molecular formula is C25H38N4O6S. The number of guanidine groups is 1. The number of nitrogens with zero attached hydrogens (tertiary/aromatic N) is 1. The number of fused-ring (bicyclic) bond motifs is 1. The summed E-state index contributed by atoms with van der Waals surface area (Å²) >= 11 is 0. The van der Waals surface area contributed by atoms with Crippen molar-refractivity contribution in [2.75, 3.05) is 6.54 Å². The molecule has 0 unspecified atom stereocenters. The number of carbonyl (C=O) groups excluding carboxylic acids is 1. The fraction of sp³-hybridized carbons (Fsp3) is 0.640. The molecule has 36 heavy (non-hydrogen) atoms. The lowest BCUT2D eigenvalue weighted by molar-refractivity contribution is -0.142. The van der Waals surface area contributed by atoms with Crippen molar-refractivity contribution in [1.29, 1.82) is 0 Å². The van der Waals surface area contributed by atoms with Gasteiger partial charge in [-0.1, -0.05) is 12.8 Å². The summed E-state index contributed by atoms with van der Waals surface area (Å²) in [7, 11) is -4.01. The molecule has 2 aliphatic rings. The maximum absolute atomic E-state index is 13.2. The van der Waals surface area contributed by atoms with Crippen molar-refractivity contribution in [3.05, 3.63) is 22.3 Å². The maximum Gasteiger partial charge on any atom is 0.326 e. The van der Waals surface area contributed by atoms with E-state index in [1.54, 1.807) is 13.8 Å². The molecule has 0 spiro atoms. The van der Waals surface area contributed by atoms with Crippen molar-refractivity contribution >= 4 is 27.9 Å². The number of hydrogen-bond acceptors (Lipinski definition) is 6. The SMILES string of the molecule is Cc1c(C)c(S(=O)(=O)NC(N)=NCCC[C@H](NC(=O)C2CCCC2)C(=O)O)c(C)c2c1OC(C)(C)C2. The van der Waals surface area contributed by atoms with E-state index in [1.807, 2.05) is 20.8 Å². The Kier molecular flexibility index (Phi) is 8.22. The van der Waals surface area contributed by atoms with E-state index >= 15 is 0 Å². The number of amides is 1. The number of aliphatic imine (C=N–C) groups is 1. The molecule has 3 rings (SSSR count). The van der Waals surface area contributed by atoms with Gasteiger partial charge in [0.25, 0.3) is 10.0 Å². The Labute approximate surface area is 213 Å². The van der Waals surface area contributed by atoms with Crippen LogP contribution in [0.1, 0.15) is 74.6 Å². The van der Waals surface area contributed by atoms with Crippen LogP contribution in [0, 0.1) is 26.7 Å². The molecule has 1 atom stereocenters. The third-order valence-corrected chi connectivity index (χ3v) is 8.70. The van der Waals surface area contributed by atoms with Gasteiger partial charge >= 0.3 is 5.97 Å². The van der Waals surface area contributed by atoms with Gasteiger partial charge in [0.05, 0.1) is 4.90 Å². The molecule has 5 N–H and O–H groups in total. The van der Waals surface area contributed by atoms with Gasteiger partial charge < -0.3 is 20.9 Å². The van der Waals surface area contributed by atoms with Gasteiger partial charge in [-0.3, -0.25) is 9.79 Å². The van der Waals surface area contributed by atoms with Crippen molar-refractivity contribution in [3.8, 4) is 5.75 Å². The van der Waals surface area contributed by atoms with Gasteiger partial charge in [-0.15, -0.1) is 0 Å². The number of carboxylic acids is 1. The van der Waals surface area contributed by atoms with E-state index in [1.165, 1.54) is 0 Å². The van der Waals surface area contributed by atoms with Crippen LogP contribution in [0.4, 0.5) is 0 Å². The number of nitrogens with one attached hydrogen (secondary N) is 2. The number of ether oxygens (including phenoxy) is 1. The highest BCUT2D eigenvalue weighted by atomic mass is 32.2. The van der Waals surface area contributed by atoms with Gasteiger partial charge in [-0.25, -0.2) is 17.9 Å². The van der Waals surface area contributed by atoms with E-state index in [4.69, 9.17) is 10.5 Å². The molecule has 1 aliphatic heterocycles. The number of hydrogen-bond donors (Lipinski definition) is 4. The summed E-state index contributed by atoms with van der Waals surface area (Å²) in [6.45, 7) is 9.39. The lowest BCUT2D eigenvalue weighted by Gasteiger charge is -2.19. The minimum atomic E-state index is -4.01. The molecule has 1 heterocycles. The normalized spacial score (nSPS) is 18.4. The van der Waals surface area contributed by atoms with Gasteiger partial charge in [0.15, 0.2) is 0 Å². The molecule has 0 aromatic heterocycles. The molecule has 1 aromatic carbocycles. The smallest absolute Gasteiger partial charge is 0.326 e. The van der Waals surface area contributed by atoms with Crippen LogP contribution < -0.4 is 20.5 Å². The first-order valence-corrected chi connectivity index (χ1v) is 13.9. The van der Waals surface area contributed by atoms with Gasteiger partial charge in [0.1, 0.15) is 17.4 Å². The molecule has 1 aliphatic carbocycles. The van der Waals surface area contributed by atoms with Crippen molar-refractivity contribution in [2.45, 2.75) is 96.1 Å². The van der Waals surface area contributed by atoms with E-state index in [0.29, 0.717) is 24.0 Å². The molecule has 1 fully saturated rings. The van der Waals surface area contributed by atoms with E-state index in [-0.39, 0.29) is 35.6 Å². The summed E-state index contributed by atoms with van der Waals surface area (Å²) in [5.74, 6) is -0.986. The Morgan fingerprint density at radius 3 is 2.42 bits per heavy atom. The molecule has 1 amide bonds. The second-order valence-corrected chi connectivity index (χ2v) is 12.1. The van der Waals surface area contributed by atoms with E-state index in [9.17, 15) is 23.1 Å². The van der Waals surface area contributed by atoms with Crippen LogP contribution in [0.3, 0.4) is 0 Å². The van der Waals surface area contributed by atoms with Crippen LogP contribution in [-0.2, 0) is 26.0 Å². The third-order valence-electron chi connectivity index (χ3n) is 7.07. The lowest BCUT2D eigenvalue weighted by atomic mass is 9.94. The topological polar surface area (TPSA) is 160 Å². The van der Waals surface area contributed by atoms with Crippen molar-refractivity contribution < 1.29 is 27.9 Å². The quantitative estimate of drug-likeness (QED) is 0.220. The summed E-state index contributed by atoms with van der Waals surface area (Å²) in [4.78, 5) is 28.1. The minimum absolute atomic E-state index is 0.112. The fourth-order valence-electron chi connectivity index (χ4n) is 5.10. The highest BCUT2D eigenvalue weighted by Gasteiger charge is 2.36. The predicted molar refractivity (Wildman–Crippen MR) is 137 cm³/mol. The number of carbonyl (C=O) groups is 2. The Morgan fingerprint density at radius 2 is 1.81 bits per heavy atom. The average Bonchev–Trinajstić information content (AvgIpc) is 3.41. The second-order valence-electron chi connectivity index (χ2n) is 10.4. The predicted octanol–water partition coefficient (Wildman–Crippen LogP) is 2.46. The van der Waals surface area contributed by atoms with Crippen molar-refractivity contribution in [2.24, 2.45) is 16.6 Å². The van der Waals surface area contributed by atoms with E-state index in [0.717, 1.165) is 42.6 Å². The first kappa shape index (κ1) is 27.8. The number of sulfonamides is 1. The first-order valence-electron chi connectivity index (χ1n) is 12.4. The van der Waals surface area contributed by atoms with E-state index < -0.39 is 27.6 Å². The number of aliphatic carboxylic acids is 1. The van der Waals surface area contributed by atoms with Crippen LogP contribution in [0.15, 0.2) is 9.89 Å². The van der Waals surface area contributed by atoms with Crippen LogP contribution in [0.2, 0.25) is 0 Å². The van der Waals surface area contributed by atoms with Gasteiger partial charge in [-0.2, -0.15) is 0 Å². The monoisotopic (exact) mass is 522 g/mol. The molecule has 0 saturated heterocycles. The van der Waals surface area contributed by atoms with Crippen molar-refractivity contribution in [1.82, 2.24) is 10.0 Å². The van der Waals surface area contributed by atoms with Gasteiger partial charge in [-0.05, 0) is 77.0 Å². The Balaban J connectivity index is 1.64. The number of nitrogens with two attached hydrogens (primary N) is 1. The second kappa shape index (κ2) is 10.7. The highest BCUT2D eigenvalue weighted by molar-refractivity contribution is 7.90. The Bertz CT molecular complexity index is 1170. The Hall–Kier alpha value is -2.82. The standard InChI is InChI=1S/C25H38N4O6S/c1-14-15(2)21(16(3)18-13-25(4,5)35-20(14)18)36(33,34)29-24(26)27-12-8-11-19(23(31)32)28-22(30)17-9-6-7-10-17/h17,19H,6-13H2,1-5H3,(H,28,30)(H,31,32)(H3,26,27,29)/t19-/m0/s1. The molecule has 0 bridgehead atoms. The van der Waals surface area contributed by atoms with Crippen LogP contribution >= 0.6 is 0 Å². The third kappa shape index (κ3) is 6.11. The molecule has 11 heteroatoms. The summed E-state index contributed by atoms with van der Waals surface area (Å²) in [5, 5.41) is 12.1. The molecule has 0 radical (unpaired) electrons. The molecule has 1 saturated carbocycles. The van der Waals surface area contributed by atoms with E-state index in [2.05, 4.69) is 15.0 Å². The number of benzene rings is 1. The minimum Gasteiger partial charge on any atom is -0.487 e. The zero-order valence-corrected chi connectivity index (χ0v) is 22.5. The maximum atomic E-state index is 13.2. The Morgan fingerprint density at radius 1 is 1.17 bits per heavy atom. The van der Waals surface area contributed by atoms with Gasteiger partial charge in [0, 0.05) is 24.4 Å². The van der Waals surface area contributed by atoms with Crippen molar-refractivity contribution in [3.63, 3.8) is 0 Å². The molecule has 1 aromatic rings. The largest absolute Gasteiger partial charge is 0.487 e. The summed E-state index contributed by atoms with van der Waals surface area (Å²) < 4.78 is 34.9. The summed E-state index contributed by atoms with van der Waals surface area (Å²) in [5.41, 5.74) is 8.33. The number of rotatable bonds is 9. The lowest BCUT2D eigenvalue weighted by Crippen LogP contribution is -2.43. The molecule has 10 nitrogen and oxygen atoms in total. The summed E-state index contributed by atoms with van der Waals surface area (Å²) in [6, 6.07) is -1.02. The zero-order valence-electron chi connectivity index (χ0n) is 21.7. The molecule has 200 valence electrons. The average molecular weight is 523 g/mol. The van der Waals surface area contributed by atoms with Crippen LogP contribution in [-0.4, -0.2) is 49.5 Å². The van der Waals surface area contributed by atoms with Crippen LogP contribution in [0.5, 0.6) is 5.75 Å². The molecular weight excluding hydrogens is 484 g/mol. The zero-order chi connectivity index (χ0) is 26.8. The highest BCUT2D eigenvalue weighted by Crippen LogP contribution is 2.43.